The zero-order chi connectivity index (χ0) is 12.3. The highest BCUT2D eigenvalue weighted by Gasteiger charge is 2.06. The van der Waals surface area contributed by atoms with Gasteiger partial charge >= 0.3 is 0 Å². The fourth-order valence-electron chi connectivity index (χ4n) is 1.47. The van der Waals surface area contributed by atoms with Gasteiger partial charge in [0.25, 0.3) is 0 Å². The molecule has 0 fully saturated rings. The number of para-hydroxylation sites is 2. The highest BCUT2D eigenvalue weighted by Crippen LogP contribution is 2.29. The number of aromatic hydroxyl groups is 1. The molecule has 0 saturated carbocycles. The molecule has 0 bridgehead atoms. The van der Waals surface area contributed by atoms with Crippen molar-refractivity contribution in [1.29, 1.82) is 0 Å². The average Bonchev–Trinajstić information content (AvgIpc) is 2.31. The molecule has 0 amide bonds. The van der Waals surface area contributed by atoms with E-state index in [0.717, 1.165) is 17.9 Å². The molecule has 4 heteroatoms. The second kappa shape index (κ2) is 4.82. The molecular weight excluding hydrogens is 216 g/mol. The van der Waals surface area contributed by atoms with Crippen molar-refractivity contribution in [2.75, 3.05) is 0 Å². The Hall–Kier alpha value is -2.10. The van der Waals surface area contributed by atoms with Crippen molar-refractivity contribution in [2.45, 2.75) is 20.3 Å². The predicted molar refractivity (Wildman–Crippen MR) is 64.3 cm³/mol. The maximum absolute atomic E-state index is 9.60. The lowest BCUT2D eigenvalue weighted by atomic mass is 10.3. The molecule has 1 N–H and O–H groups in total. The van der Waals surface area contributed by atoms with Crippen LogP contribution in [-0.4, -0.2) is 15.1 Å². The number of ether oxygens (including phenoxy) is 1. The second-order valence-electron chi connectivity index (χ2n) is 3.69. The normalized spacial score (nSPS) is 10.2. The quantitative estimate of drug-likeness (QED) is 0.880. The van der Waals surface area contributed by atoms with E-state index in [-0.39, 0.29) is 5.75 Å². The summed E-state index contributed by atoms with van der Waals surface area (Å²) in [5, 5.41) is 9.60. The van der Waals surface area contributed by atoms with Crippen molar-refractivity contribution in [3.05, 3.63) is 41.9 Å². The van der Waals surface area contributed by atoms with E-state index in [1.54, 1.807) is 30.3 Å². The van der Waals surface area contributed by atoms with Crippen LogP contribution < -0.4 is 4.74 Å². The molecule has 88 valence electrons. The molecule has 0 aliphatic heterocycles. The first-order valence-corrected chi connectivity index (χ1v) is 5.49. The van der Waals surface area contributed by atoms with Crippen LogP contribution in [0, 0.1) is 6.92 Å². The lowest BCUT2D eigenvalue weighted by molar-refractivity contribution is 0.400. The van der Waals surface area contributed by atoms with Crippen molar-refractivity contribution in [1.82, 2.24) is 9.97 Å². The Morgan fingerprint density at radius 3 is 2.71 bits per heavy atom. The van der Waals surface area contributed by atoms with Crippen LogP contribution in [0.4, 0.5) is 0 Å². The van der Waals surface area contributed by atoms with Crippen molar-refractivity contribution in [2.24, 2.45) is 0 Å². The Balaban J connectivity index is 2.30. The zero-order valence-electron chi connectivity index (χ0n) is 9.84. The summed E-state index contributed by atoms with van der Waals surface area (Å²) in [5.74, 6) is 1.68. The van der Waals surface area contributed by atoms with Gasteiger partial charge in [-0.3, -0.25) is 0 Å². The highest BCUT2D eigenvalue weighted by atomic mass is 16.5. The first-order chi connectivity index (χ1) is 8.19. The summed E-state index contributed by atoms with van der Waals surface area (Å²) in [6.45, 7) is 3.87. The van der Waals surface area contributed by atoms with E-state index >= 15 is 0 Å². The smallest absolute Gasteiger partial charge is 0.222 e. The van der Waals surface area contributed by atoms with Gasteiger partial charge in [0.2, 0.25) is 5.88 Å². The number of nitrogens with zero attached hydrogens (tertiary/aromatic N) is 2. The van der Waals surface area contributed by atoms with Gasteiger partial charge in [-0.1, -0.05) is 19.1 Å². The molecule has 0 aliphatic carbocycles. The number of phenols is 1. The van der Waals surface area contributed by atoms with Crippen molar-refractivity contribution < 1.29 is 9.84 Å². The first-order valence-electron chi connectivity index (χ1n) is 5.49. The van der Waals surface area contributed by atoms with Gasteiger partial charge in [0.1, 0.15) is 5.82 Å². The molecule has 0 unspecified atom stereocenters. The summed E-state index contributed by atoms with van der Waals surface area (Å²) < 4.78 is 5.53. The van der Waals surface area contributed by atoms with Crippen LogP contribution >= 0.6 is 0 Å². The summed E-state index contributed by atoms with van der Waals surface area (Å²) in [7, 11) is 0. The maximum Gasteiger partial charge on any atom is 0.222 e. The van der Waals surface area contributed by atoms with Gasteiger partial charge in [-0.25, -0.2) is 4.98 Å². The van der Waals surface area contributed by atoms with E-state index in [9.17, 15) is 5.11 Å². The summed E-state index contributed by atoms with van der Waals surface area (Å²) in [5.41, 5.74) is 0.849. The fourth-order valence-corrected chi connectivity index (χ4v) is 1.47. The van der Waals surface area contributed by atoms with Crippen molar-refractivity contribution >= 4 is 0 Å². The molecule has 17 heavy (non-hydrogen) atoms. The third kappa shape index (κ3) is 2.72. The molecule has 0 atom stereocenters. The molecule has 4 nitrogen and oxygen atoms in total. The Kier molecular flexibility index (Phi) is 3.23. The van der Waals surface area contributed by atoms with Gasteiger partial charge in [0.15, 0.2) is 11.5 Å². The van der Waals surface area contributed by atoms with Crippen molar-refractivity contribution in [3.8, 4) is 17.4 Å². The molecule has 2 rings (SSSR count). The van der Waals surface area contributed by atoms with E-state index in [4.69, 9.17) is 4.74 Å². The van der Waals surface area contributed by atoms with Gasteiger partial charge < -0.3 is 9.84 Å². The van der Waals surface area contributed by atoms with Gasteiger partial charge in [-0.2, -0.15) is 4.98 Å². The Bertz CT molecular complexity index is 527. The number of rotatable bonds is 3. The minimum Gasteiger partial charge on any atom is -0.504 e. The molecule has 0 radical (unpaired) electrons. The molecule has 2 aromatic rings. The Morgan fingerprint density at radius 1 is 1.24 bits per heavy atom. The lowest BCUT2D eigenvalue weighted by Gasteiger charge is -2.07. The van der Waals surface area contributed by atoms with Crippen LogP contribution in [0.2, 0.25) is 0 Å². The Morgan fingerprint density at radius 2 is 2.00 bits per heavy atom. The number of hydrogen-bond donors (Lipinski definition) is 1. The SMILES string of the molecule is CCc1nc(C)cc(Oc2ccccc2O)n1. The van der Waals surface area contributed by atoms with E-state index < -0.39 is 0 Å². The summed E-state index contributed by atoms with van der Waals surface area (Å²) in [6.07, 6.45) is 0.749. The molecule has 1 aromatic carbocycles. The Labute approximate surface area is 99.9 Å². The maximum atomic E-state index is 9.60. The van der Waals surface area contributed by atoms with E-state index in [2.05, 4.69) is 9.97 Å². The molecule has 1 aromatic heterocycles. The van der Waals surface area contributed by atoms with E-state index in [1.165, 1.54) is 0 Å². The molecule has 0 spiro atoms. The van der Waals surface area contributed by atoms with Gasteiger partial charge in [-0.15, -0.1) is 0 Å². The topological polar surface area (TPSA) is 55.2 Å². The van der Waals surface area contributed by atoms with Crippen LogP contribution in [0.1, 0.15) is 18.4 Å². The van der Waals surface area contributed by atoms with Crippen LogP contribution in [-0.2, 0) is 6.42 Å². The standard InChI is InChI=1S/C13H14N2O2/c1-3-12-14-9(2)8-13(15-12)17-11-7-5-4-6-10(11)16/h4-8,16H,3H2,1-2H3. The number of hydrogen-bond acceptors (Lipinski definition) is 4. The van der Waals surface area contributed by atoms with Crippen LogP contribution in [0.25, 0.3) is 0 Å². The molecule has 0 saturated heterocycles. The molecule has 1 heterocycles. The van der Waals surface area contributed by atoms with Crippen molar-refractivity contribution in [3.63, 3.8) is 0 Å². The minimum absolute atomic E-state index is 0.0989. The van der Waals surface area contributed by atoms with E-state index in [0.29, 0.717) is 11.6 Å². The largest absolute Gasteiger partial charge is 0.504 e. The molecular formula is C13H14N2O2. The summed E-state index contributed by atoms with van der Waals surface area (Å²) in [4.78, 5) is 8.51. The van der Waals surface area contributed by atoms with Crippen LogP contribution in [0.5, 0.6) is 17.4 Å². The minimum atomic E-state index is 0.0989. The second-order valence-corrected chi connectivity index (χ2v) is 3.69. The third-order valence-corrected chi connectivity index (χ3v) is 2.27. The number of benzene rings is 1. The summed E-state index contributed by atoms with van der Waals surface area (Å²) >= 11 is 0. The van der Waals surface area contributed by atoms with E-state index in [1.807, 2.05) is 13.8 Å². The first kappa shape index (κ1) is 11.4. The monoisotopic (exact) mass is 230 g/mol. The number of phenolic OH excluding ortho intramolecular Hbond substituents is 1. The number of aryl methyl sites for hydroxylation is 2. The number of aromatic nitrogens is 2. The zero-order valence-corrected chi connectivity index (χ0v) is 9.84. The van der Waals surface area contributed by atoms with Gasteiger partial charge in [0, 0.05) is 18.2 Å². The third-order valence-electron chi connectivity index (χ3n) is 2.27. The van der Waals surface area contributed by atoms with Crippen LogP contribution in [0.15, 0.2) is 30.3 Å². The fraction of sp³-hybridized carbons (Fsp3) is 0.231. The predicted octanol–water partition coefficient (Wildman–Crippen LogP) is 2.85. The van der Waals surface area contributed by atoms with Gasteiger partial charge in [-0.05, 0) is 19.1 Å². The van der Waals surface area contributed by atoms with Gasteiger partial charge in [0.05, 0.1) is 0 Å². The molecule has 0 aliphatic rings. The van der Waals surface area contributed by atoms with Crippen LogP contribution in [0.3, 0.4) is 0 Å². The highest BCUT2D eigenvalue weighted by molar-refractivity contribution is 5.40. The summed E-state index contributed by atoms with van der Waals surface area (Å²) in [6, 6.07) is 8.54. The average molecular weight is 230 g/mol. The lowest BCUT2D eigenvalue weighted by Crippen LogP contribution is -1.98.